The molecule has 1 aromatic heterocycles. The molecule has 1 aliphatic heterocycles. The molecule has 0 saturated heterocycles. The van der Waals surface area contributed by atoms with Gasteiger partial charge in [0.2, 0.25) is 16.8 Å². The Hall–Kier alpha value is -3.69. The third-order valence-corrected chi connectivity index (χ3v) is 6.90. The second-order valence-corrected chi connectivity index (χ2v) is 9.18. The number of sulfonamides is 1. The number of nitrogens with zero attached hydrogens (tertiary/aromatic N) is 2. The first-order valence-electron chi connectivity index (χ1n) is 9.93. The Labute approximate surface area is 185 Å². The predicted octanol–water partition coefficient (Wildman–Crippen LogP) is 3.99. The molecule has 9 heteroatoms. The molecule has 32 heavy (non-hydrogen) atoms. The first-order valence-corrected chi connectivity index (χ1v) is 11.4. The first-order chi connectivity index (χ1) is 15.5. The van der Waals surface area contributed by atoms with Crippen LogP contribution in [0.3, 0.4) is 0 Å². The Bertz CT molecular complexity index is 1450. The minimum atomic E-state index is -3.60. The van der Waals surface area contributed by atoms with Gasteiger partial charge in [-0.05, 0) is 37.7 Å². The molecule has 4 aromatic rings. The number of aryl methyl sites for hydroxylation is 1. The maximum absolute atomic E-state index is 12.4. The Morgan fingerprint density at radius 2 is 1.69 bits per heavy atom. The van der Waals surface area contributed by atoms with Crippen LogP contribution in [0.1, 0.15) is 5.56 Å². The summed E-state index contributed by atoms with van der Waals surface area (Å²) >= 11 is 0. The van der Waals surface area contributed by atoms with Gasteiger partial charge in [0.15, 0.2) is 17.3 Å². The summed E-state index contributed by atoms with van der Waals surface area (Å²) in [5.74, 6) is 1.95. The highest BCUT2D eigenvalue weighted by atomic mass is 32.2. The average Bonchev–Trinajstić information content (AvgIpc) is 3.28. The largest absolute Gasteiger partial charge is 0.454 e. The summed E-state index contributed by atoms with van der Waals surface area (Å²) in [7, 11) is -2.20. The van der Waals surface area contributed by atoms with Gasteiger partial charge in [0.25, 0.3) is 0 Å². The lowest BCUT2D eigenvalue weighted by Crippen LogP contribution is -2.19. The number of nitrogens with one attached hydrogen (secondary N) is 2. The summed E-state index contributed by atoms with van der Waals surface area (Å²) < 4.78 is 38.0. The van der Waals surface area contributed by atoms with Gasteiger partial charge in [0.1, 0.15) is 5.69 Å². The van der Waals surface area contributed by atoms with Gasteiger partial charge in [-0.25, -0.2) is 13.1 Å². The number of rotatable bonds is 5. The molecule has 1 aliphatic rings. The summed E-state index contributed by atoms with van der Waals surface area (Å²) in [4.78, 5) is 0.214. The lowest BCUT2D eigenvalue weighted by atomic mass is 10.0. The zero-order chi connectivity index (χ0) is 22.3. The monoisotopic (exact) mass is 448 g/mol. The minimum Gasteiger partial charge on any atom is -0.454 e. The molecule has 3 aromatic carbocycles. The van der Waals surface area contributed by atoms with Crippen molar-refractivity contribution in [3.05, 3.63) is 66.2 Å². The standard InChI is InChI=1S/C23H20N4O4S/c1-14-7-8-15(11-21(14)32(28,29)24-2)22-17-5-3-4-6-18(17)23(27-26-22)25-16-9-10-19-20(12-16)31-13-30-19/h3-12,24H,13H2,1-2H3,(H,25,27). The number of aromatic nitrogens is 2. The molecule has 0 radical (unpaired) electrons. The van der Waals surface area contributed by atoms with E-state index in [0.29, 0.717) is 34.1 Å². The van der Waals surface area contributed by atoms with Crippen LogP contribution in [0, 0.1) is 6.92 Å². The van der Waals surface area contributed by atoms with E-state index in [1.165, 1.54) is 7.05 Å². The fourth-order valence-corrected chi connectivity index (χ4v) is 4.66. The summed E-state index contributed by atoms with van der Waals surface area (Å²) in [5, 5.41) is 13.8. The van der Waals surface area contributed by atoms with Gasteiger partial charge < -0.3 is 14.8 Å². The molecule has 162 valence electrons. The van der Waals surface area contributed by atoms with Crippen molar-refractivity contribution in [2.24, 2.45) is 0 Å². The van der Waals surface area contributed by atoms with Crippen molar-refractivity contribution in [2.45, 2.75) is 11.8 Å². The summed E-state index contributed by atoms with van der Waals surface area (Å²) in [5.41, 5.74) is 2.72. The van der Waals surface area contributed by atoms with E-state index in [1.54, 1.807) is 19.1 Å². The van der Waals surface area contributed by atoms with Crippen LogP contribution in [0.2, 0.25) is 0 Å². The quantitative estimate of drug-likeness (QED) is 0.476. The molecule has 0 amide bonds. The molecule has 0 unspecified atom stereocenters. The van der Waals surface area contributed by atoms with Crippen LogP contribution in [0.25, 0.3) is 22.0 Å². The molecule has 2 N–H and O–H groups in total. The van der Waals surface area contributed by atoms with Crippen LogP contribution in [-0.2, 0) is 10.0 Å². The number of hydrogen-bond donors (Lipinski definition) is 2. The smallest absolute Gasteiger partial charge is 0.240 e. The normalized spacial score (nSPS) is 12.8. The Morgan fingerprint density at radius 3 is 2.50 bits per heavy atom. The topological polar surface area (TPSA) is 102 Å². The van der Waals surface area contributed by atoms with Crippen LogP contribution in [0.5, 0.6) is 11.5 Å². The van der Waals surface area contributed by atoms with Gasteiger partial charge in [-0.2, -0.15) is 0 Å². The molecular formula is C23H20N4O4S. The van der Waals surface area contributed by atoms with Crippen molar-refractivity contribution < 1.29 is 17.9 Å². The molecular weight excluding hydrogens is 428 g/mol. The van der Waals surface area contributed by atoms with Crippen molar-refractivity contribution in [3.8, 4) is 22.8 Å². The maximum atomic E-state index is 12.4. The predicted molar refractivity (Wildman–Crippen MR) is 122 cm³/mol. The number of ether oxygens (including phenoxy) is 2. The van der Waals surface area contributed by atoms with E-state index in [4.69, 9.17) is 9.47 Å². The van der Waals surface area contributed by atoms with E-state index in [-0.39, 0.29) is 11.7 Å². The van der Waals surface area contributed by atoms with Crippen LogP contribution in [-0.4, -0.2) is 32.5 Å². The van der Waals surface area contributed by atoms with Gasteiger partial charge in [0.05, 0.1) is 4.90 Å². The molecule has 8 nitrogen and oxygen atoms in total. The van der Waals surface area contributed by atoms with Gasteiger partial charge in [0, 0.05) is 28.1 Å². The van der Waals surface area contributed by atoms with Gasteiger partial charge in [-0.1, -0.05) is 36.4 Å². The SMILES string of the molecule is CNS(=O)(=O)c1cc(-c2nnc(Nc3ccc4c(c3)OCO4)c3ccccc23)ccc1C. The zero-order valence-corrected chi connectivity index (χ0v) is 18.2. The van der Waals surface area contributed by atoms with E-state index < -0.39 is 10.0 Å². The fraction of sp³-hybridized carbons (Fsp3) is 0.130. The van der Waals surface area contributed by atoms with E-state index in [9.17, 15) is 8.42 Å². The summed E-state index contributed by atoms with van der Waals surface area (Å²) in [6.07, 6.45) is 0. The number of anilines is 2. The minimum absolute atomic E-state index is 0.206. The highest BCUT2D eigenvalue weighted by Gasteiger charge is 2.19. The number of hydrogen-bond acceptors (Lipinski definition) is 7. The van der Waals surface area contributed by atoms with Gasteiger partial charge in [-0.15, -0.1) is 10.2 Å². The first kappa shape index (κ1) is 20.2. The summed E-state index contributed by atoms with van der Waals surface area (Å²) in [6.45, 7) is 1.97. The highest BCUT2D eigenvalue weighted by molar-refractivity contribution is 7.89. The van der Waals surface area contributed by atoms with Gasteiger partial charge >= 0.3 is 0 Å². The third-order valence-electron chi connectivity index (χ3n) is 5.34. The van der Waals surface area contributed by atoms with E-state index in [1.807, 2.05) is 48.5 Å². The fourth-order valence-electron chi connectivity index (χ4n) is 3.67. The van der Waals surface area contributed by atoms with Crippen molar-refractivity contribution in [2.75, 3.05) is 19.2 Å². The summed E-state index contributed by atoms with van der Waals surface area (Å²) in [6, 6.07) is 18.5. The van der Waals surface area contributed by atoms with Crippen molar-refractivity contribution in [1.29, 1.82) is 0 Å². The molecule has 0 aliphatic carbocycles. The van der Waals surface area contributed by atoms with Crippen molar-refractivity contribution in [1.82, 2.24) is 14.9 Å². The Morgan fingerprint density at radius 1 is 0.906 bits per heavy atom. The molecule has 0 spiro atoms. The molecule has 0 bridgehead atoms. The number of fused-ring (bicyclic) bond motifs is 2. The highest BCUT2D eigenvalue weighted by Crippen LogP contribution is 2.37. The Kier molecular flexibility index (Phi) is 4.91. The van der Waals surface area contributed by atoms with Gasteiger partial charge in [-0.3, -0.25) is 0 Å². The van der Waals surface area contributed by atoms with Crippen molar-refractivity contribution in [3.63, 3.8) is 0 Å². The van der Waals surface area contributed by atoms with E-state index in [2.05, 4.69) is 20.2 Å². The van der Waals surface area contributed by atoms with Crippen LogP contribution < -0.4 is 19.5 Å². The molecule has 0 saturated carbocycles. The van der Waals surface area contributed by atoms with Crippen LogP contribution >= 0.6 is 0 Å². The number of benzene rings is 3. The van der Waals surface area contributed by atoms with Crippen LogP contribution in [0.15, 0.2) is 65.6 Å². The molecule has 2 heterocycles. The Balaban J connectivity index is 1.60. The van der Waals surface area contributed by atoms with Crippen molar-refractivity contribution >= 4 is 32.3 Å². The van der Waals surface area contributed by atoms with Crippen LogP contribution in [0.4, 0.5) is 11.5 Å². The lowest BCUT2D eigenvalue weighted by Gasteiger charge is -2.13. The molecule has 0 fully saturated rings. The zero-order valence-electron chi connectivity index (χ0n) is 17.4. The van der Waals surface area contributed by atoms with E-state index in [0.717, 1.165) is 16.5 Å². The third kappa shape index (κ3) is 3.51. The maximum Gasteiger partial charge on any atom is 0.240 e. The van der Waals surface area contributed by atoms with E-state index >= 15 is 0 Å². The second kappa shape index (κ2) is 7.77. The molecule has 0 atom stereocenters. The second-order valence-electron chi connectivity index (χ2n) is 7.32. The average molecular weight is 449 g/mol. The lowest BCUT2D eigenvalue weighted by molar-refractivity contribution is 0.174. The molecule has 5 rings (SSSR count).